The van der Waals surface area contributed by atoms with Crippen molar-refractivity contribution in [2.45, 2.75) is 32.7 Å². The maximum absolute atomic E-state index is 11.3. The van der Waals surface area contributed by atoms with Crippen molar-refractivity contribution in [2.24, 2.45) is 5.92 Å². The highest BCUT2D eigenvalue weighted by molar-refractivity contribution is 5.91. The molecule has 4 aromatic rings. The zero-order valence-electron chi connectivity index (χ0n) is 19.8. The predicted molar refractivity (Wildman–Crippen MR) is 135 cm³/mol. The molecule has 0 saturated carbocycles. The maximum atomic E-state index is 11.3. The Bertz CT molecular complexity index is 1540. The third-order valence-corrected chi connectivity index (χ3v) is 7.82. The Labute approximate surface area is 204 Å². The van der Waals surface area contributed by atoms with E-state index in [-0.39, 0.29) is 12.0 Å². The molecular weight excluding hydrogens is 436 g/mol. The zero-order chi connectivity index (χ0) is 24.3. The van der Waals surface area contributed by atoms with Gasteiger partial charge in [0.2, 0.25) is 0 Å². The van der Waals surface area contributed by atoms with Crippen LogP contribution in [0.2, 0.25) is 0 Å². The van der Waals surface area contributed by atoms with Crippen LogP contribution in [0.25, 0.3) is 33.4 Å². The quantitative estimate of drug-likeness (QED) is 0.387. The molecule has 174 valence electrons. The summed E-state index contributed by atoms with van der Waals surface area (Å²) >= 11 is 0. The minimum Gasteiger partial charge on any atom is -0.481 e. The van der Waals surface area contributed by atoms with Gasteiger partial charge < -0.3 is 9.52 Å². The maximum Gasteiger partial charge on any atom is 0.309 e. The van der Waals surface area contributed by atoms with E-state index in [1.807, 2.05) is 6.07 Å². The van der Waals surface area contributed by atoms with E-state index < -0.39 is 5.97 Å². The Morgan fingerprint density at radius 1 is 1.06 bits per heavy atom. The second-order valence-corrected chi connectivity index (χ2v) is 9.80. The standard InChI is InChI=1S/C30H26N2O3/c1-17-6-3-4-7-21(17)22-8-5-9-23(18(22)2)28-13-19-12-25-24(26(14-31)29(19)35-28)10-11-27(25)32-15-20(16-32)30(33)34/h3-9,12-13,20,27H,10-11,15-16H2,1-2H3,(H,33,34)/t27-/m0/s1. The molecule has 0 bridgehead atoms. The minimum absolute atomic E-state index is 0.168. The van der Waals surface area contributed by atoms with E-state index in [1.54, 1.807) is 0 Å². The van der Waals surface area contributed by atoms with Gasteiger partial charge in [0.25, 0.3) is 0 Å². The molecule has 2 aliphatic rings. The summed E-state index contributed by atoms with van der Waals surface area (Å²) in [5, 5.41) is 20.3. The average Bonchev–Trinajstić information content (AvgIpc) is 3.41. The predicted octanol–water partition coefficient (Wildman–Crippen LogP) is 6.26. The summed E-state index contributed by atoms with van der Waals surface area (Å²) in [6.45, 7) is 5.38. The highest BCUT2D eigenvalue weighted by Crippen LogP contribution is 2.45. The highest BCUT2D eigenvalue weighted by Gasteiger charge is 2.40. The molecule has 5 nitrogen and oxygen atoms in total. The second kappa shape index (κ2) is 8.11. The molecule has 35 heavy (non-hydrogen) atoms. The van der Waals surface area contributed by atoms with Crippen molar-refractivity contribution in [1.82, 2.24) is 4.90 Å². The van der Waals surface area contributed by atoms with Crippen LogP contribution in [0.5, 0.6) is 0 Å². The lowest BCUT2D eigenvalue weighted by Gasteiger charge is -2.41. The lowest BCUT2D eigenvalue weighted by Crippen LogP contribution is -2.51. The minimum atomic E-state index is -0.726. The number of fused-ring (bicyclic) bond motifs is 2. The number of nitrogens with zero attached hydrogens (tertiary/aromatic N) is 2. The molecule has 1 aliphatic heterocycles. The van der Waals surface area contributed by atoms with Crippen molar-refractivity contribution in [3.8, 4) is 28.5 Å². The van der Waals surface area contributed by atoms with Crippen molar-refractivity contribution >= 4 is 16.9 Å². The summed E-state index contributed by atoms with van der Waals surface area (Å²) in [4.78, 5) is 13.5. The molecule has 3 aromatic carbocycles. The summed E-state index contributed by atoms with van der Waals surface area (Å²) < 4.78 is 6.37. The Kier molecular flexibility index (Phi) is 5.01. The van der Waals surface area contributed by atoms with Crippen LogP contribution in [0.4, 0.5) is 0 Å². The monoisotopic (exact) mass is 462 g/mol. The fraction of sp³-hybridized carbons (Fsp3) is 0.267. The smallest absolute Gasteiger partial charge is 0.309 e. The van der Waals surface area contributed by atoms with E-state index in [4.69, 9.17) is 4.42 Å². The number of aliphatic carboxylic acids is 1. The number of nitriles is 1. The van der Waals surface area contributed by atoms with E-state index in [2.05, 4.69) is 73.3 Å². The Morgan fingerprint density at radius 3 is 2.54 bits per heavy atom. The van der Waals surface area contributed by atoms with E-state index in [1.165, 1.54) is 16.7 Å². The van der Waals surface area contributed by atoms with Crippen LogP contribution >= 0.6 is 0 Å². The van der Waals surface area contributed by atoms with Crippen molar-refractivity contribution < 1.29 is 14.3 Å². The lowest BCUT2D eigenvalue weighted by molar-refractivity contribution is -0.148. The van der Waals surface area contributed by atoms with Crippen LogP contribution in [0, 0.1) is 31.1 Å². The first-order valence-electron chi connectivity index (χ1n) is 12.1. The van der Waals surface area contributed by atoms with Gasteiger partial charge in [-0.05, 0) is 72.2 Å². The summed E-state index contributed by atoms with van der Waals surface area (Å²) in [6, 6.07) is 21.4. The molecule has 0 spiro atoms. The van der Waals surface area contributed by atoms with Crippen molar-refractivity contribution in [2.75, 3.05) is 13.1 Å². The van der Waals surface area contributed by atoms with E-state index >= 15 is 0 Å². The fourth-order valence-corrected chi connectivity index (χ4v) is 5.87. The van der Waals surface area contributed by atoms with Gasteiger partial charge in [0, 0.05) is 30.1 Å². The van der Waals surface area contributed by atoms with Crippen LogP contribution in [0.1, 0.15) is 40.3 Å². The van der Waals surface area contributed by atoms with E-state index in [0.29, 0.717) is 24.2 Å². The molecule has 1 aromatic heterocycles. The van der Waals surface area contributed by atoms with Gasteiger partial charge in [-0.25, -0.2) is 0 Å². The number of aryl methyl sites for hydroxylation is 1. The van der Waals surface area contributed by atoms with E-state index in [0.717, 1.165) is 46.2 Å². The number of carboxylic acid groups (broad SMARTS) is 1. The first kappa shape index (κ1) is 21.6. The average molecular weight is 463 g/mol. The molecular formula is C30H26N2O3. The van der Waals surface area contributed by atoms with Gasteiger partial charge >= 0.3 is 5.97 Å². The SMILES string of the molecule is Cc1ccccc1-c1cccc(-c2cc3cc4c(c(C#N)c3o2)CC[C@@H]4N2CC(C(=O)O)C2)c1C. The summed E-state index contributed by atoms with van der Waals surface area (Å²) in [7, 11) is 0. The van der Waals surface area contributed by atoms with E-state index in [9.17, 15) is 15.2 Å². The van der Waals surface area contributed by atoms with Gasteiger partial charge in [-0.2, -0.15) is 5.26 Å². The Balaban J connectivity index is 1.43. The number of hydrogen-bond donors (Lipinski definition) is 1. The summed E-state index contributed by atoms with van der Waals surface area (Å²) in [5.74, 6) is -0.253. The second-order valence-electron chi connectivity index (χ2n) is 9.80. The van der Waals surface area contributed by atoms with Crippen LogP contribution in [-0.4, -0.2) is 29.1 Å². The van der Waals surface area contributed by atoms with Crippen molar-refractivity contribution in [1.29, 1.82) is 5.26 Å². The number of hydrogen-bond acceptors (Lipinski definition) is 4. The fourth-order valence-electron chi connectivity index (χ4n) is 5.87. The lowest BCUT2D eigenvalue weighted by atomic mass is 9.92. The molecule has 1 aliphatic carbocycles. The molecule has 0 radical (unpaired) electrons. The van der Waals surface area contributed by atoms with Gasteiger partial charge in [0.1, 0.15) is 11.8 Å². The molecule has 6 rings (SSSR count). The van der Waals surface area contributed by atoms with Crippen LogP contribution in [-0.2, 0) is 11.2 Å². The normalized spacial score (nSPS) is 17.8. The number of rotatable bonds is 4. The molecule has 1 fully saturated rings. The molecule has 1 N–H and O–H groups in total. The topological polar surface area (TPSA) is 77.5 Å². The first-order valence-corrected chi connectivity index (χ1v) is 12.1. The van der Waals surface area contributed by atoms with Crippen molar-refractivity contribution in [3.05, 3.63) is 82.4 Å². The molecule has 2 heterocycles. The number of furan rings is 1. The highest BCUT2D eigenvalue weighted by atomic mass is 16.4. The number of benzene rings is 3. The van der Waals surface area contributed by atoms with Gasteiger partial charge in [-0.3, -0.25) is 9.69 Å². The molecule has 1 saturated heterocycles. The van der Waals surface area contributed by atoms with Crippen LogP contribution in [0.3, 0.4) is 0 Å². The number of likely N-dealkylation sites (tertiary alicyclic amines) is 1. The zero-order valence-corrected chi connectivity index (χ0v) is 19.8. The number of carbonyl (C=O) groups is 1. The van der Waals surface area contributed by atoms with Crippen LogP contribution < -0.4 is 0 Å². The third kappa shape index (κ3) is 3.37. The van der Waals surface area contributed by atoms with Crippen molar-refractivity contribution in [3.63, 3.8) is 0 Å². The number of carboxylic acids is 1. The van der Waals surface area contributed by atoms with Gasteiger partial charge in [-0.15, -0.1) is 0 Å². The Morgan fingerprint density at radius 2 is 1.80 bits per heavy atom. The first-order chi connectivity index (χ1) is 17.0. The third-order valence-electron chi connectivity index (χ3n) is 7.82. The Hall–Kier alpha value is -3.88. The van der Waals surface area contributed by atoms with Gasteiger partial charge in [0.05, 0.1) is 11.5 Å². The summed E-state index contributed by atoms with van der Waals surface area (Å²) in [5.41, 5.74) is 9.24. The summed E-state index contributed by atoms with van der Waals surface area (Å²) in [6.07, 6.45) is 1.72. The van der Waals surface area contributed by atoms with Crippen LogP contribution in [0.15, 0.2) is 59.0 Å². The molecule has 5 heteroatoms. The molecule has 0 amide bonds. The van der Waals surface area contributed by atoms with Gasteiger partial charge in [0.15, 0.2) is 5.58 Å². The molecule has 0 unspecified atom stereocenters. The molecule has 1 atom stereocenters. The largest absolute Gasteiger partial charge is 0.481 e. The van der Waals surface area contributed by atoms with Gasteiger partial charge in [-0.1, -0.05) is 42.5 Å².